The third-order valence-corrected chi connectivity index (χ3v) is 5.07. The number of aryl methyl sites for hydroxylation is 1. The summed E-state index contributed by atoms with van der Waals surface area (Å²) < 4.78 is 7.43. The topological polar surface area (TPSA) is 85.2 Å². The number of ether oxygens (including phenoxy) is 1. The first-order valence-corrected chi connectivity index (χ1v) is 10.7. The Labute approximate surface area is 186 Å². The molecule has 8 heteroatoms. The molecule has 3 aromatic rings. The van der Waals surface area contributed by atoms with Gasteiger partial charge >= 0.3 is 0 Å². The maximum atomic E-state index is 12.9. The molecule has 1 heterocycles. The second-order valence-electron chi connectivity index (χ2n) is 7.18. The van der Waals surface area contributed by atoms with Crippen molar-refractivity contribution in [3.05, 3.63) is 59.1 Å². The highest BCUT2D eigenvalue weighted by molar-refractivity contribution is 6.30. The highest BCUT2D eigenvalue weighted by Crippen LogP contribution is 2.23. The Morgan fingerprint density at radius 2 is 1.90 bits per heavy atom. The number of halogens is 1. The molecule has 0 aliphatic carbocycles. The van der Waals surface area contributed by atoms with E-state index in [9.17, 15) is 9.59 Å². The lowest BCUT2D eigenvalue weighted by atomic mass is 10.0. The van der Waals surface area contributed by atoms with Crippen LogP contribution in [0.5, 0.6) is 0 Å². The molecule has 0 radical (unpaired) electrons. The number of imidazole rings is 1. The summed E-state index contributed by atoms with van der Waals surface area (Å²) in [5, 5.41) is 6.35. The minimum absolute atomic E-state index is 0.0728. The van der Waals surface area contributed by atoms with Gasteiger partial charge < -0.3 is 14.6 Å². The SMILES string of the molecule is CCOCCCn1c(NC(=O)CC(NC(C)=O)c2ccc(Cl)cc2)nc2ccccc21. The van der Waals surface area contributed by atoms with E-state index in [0.29, 0.717) is 30.7 Å². The smallest absolute Gasteiger partial charge is 0.229 e. The normalized spacial score (nSPS) is 12.0. The van der Waals surface area contributed by atoms with E-state index < -0.39 is 6.04 Å². The zero-order valence-corrected chi connectivity index (χ0v) is 18.5. The van der Waals surface area contributed by atoms with Crippen LogP contribution in [0.1, 0.15) is 38.3 Å². The van der Waals surface area contributed by atoms with Crippen LogP contribution >= 0.6 is 11.6 Å². The molecule has 2 N–H and O–H groups in total. The molecule has 0 saturated carbocycles. The molecule has 2 aromatic carbocycles. The van der Waals surface area contributed by atoms with Gasteiger partial charge in [-0.2, -0.15) is 0 Å². The highest BCUT2D eigenvalue weighted by atomic mass is 35.5. The summed E-state index contributed by atoms with van der Waals surface area (Å²) in [6.07, 6.45) is 0.875. The molecule has 0 saturated heterocycles. The van der Waals surface area contributed by atoms with E-state index in [0.717, 1.165) is 23.0 Å². The van der Waals surface area contributed by atoms with Crippen LogP contribution in [0.4, 0.5) is 5.95 Å². The predicted octanol–water partition coefficient (Wildman–Crippen LogP) is 4.32. The van der Waals surface area contributed by atoms with Crippen molar-refractivity contribution >= 4 is 40.4 Å². The van der Waals surface area contributed by atoms with Gasteiger partial charge in [-0.3, -0.25) is 14.9 Å². The van der Waals surface area contributed by atoms with E-state index in [-0.39, 0.29) is 18.2 Å². The fourth-order valence-electron chi connectivity index (χ4n) is 3.42. The fraction of sp³-hybridized carbons (Fsp3) is 0.348. The molecule has 7 nitrogen and oxygen atoms in total. The first kappa shape index (κ1) is 22.8. The number of hydrogen-bond acceptors (Lipinski definition) is 4. The number of nitrogens with zero attached hydrogens (tertiary/aromatic N) is 2. The number of amides is 2. The van der Waals surface area contributed by atoms with E-state index in [1.165, 1.54) is 6.92 Å². The van der Waals surface area contributed by atoms with Crippen molar-refractivity contribution in [1.82, 2.24) is 14.9 Å². The van der Waals surface area contributed by atoms with E-state index in [1.54, 1.807) is 24.3 Å². The lowest BCUT2D eigenvalue weighted by Crippen LogP contribution is -2.30. The average Bonchev–Trinajstić information content (AvgIpc) is 3.08. The molecule has 1 aromatic heterocycles. The van der Waals surface area contributed by atoms with E-state index in [2.05, 4.69) is 15.6 Å². The van der Waals surface area contributed by atoms with Crippen molar-refractivity contribution in [2.24, 2.45) is 0 Å². The molecule has 2 amide bonds. The number of benzene rings is 2. The molecule has 0 bridgehead atoms. The molecular formula is C23H27ClN4O3. The number of carbonyl (C=O) groups is 2. The van der Waals surface area contributed by atoms with Gasteiger partial charge in [0.2, 0.25) is 17.8 Å². The Balaban J connectivity index is 1.77. The van der Waals surface area contributed by atoms with Crippen LogP contribution in [0, 0.1) is 0 Å². The van der Waals surface area contributed by atoms with Gasteiger partial charge in [0.05, 0.1) is 23.5 Å². The molecule has 0 aliphatic heterocycles. The van der Waals surface area contributed by atoms with Crippen molar-refractivity contribution in [3.63, 3.8) is 0 Å². The second kappa shape index (κ2) is 10.9. The van der Waals surface area contributed by atoms with Crippen LogP contribution in [0.25, 0.3) is 11.0 Å². The number of fused-ring (bicyclic) bond motifs is 1. The van der Waals surface area contributed by atoms with Crippen molar-refractivity contribution in [3.8, 4) is 0 Å². The lowest BCUT2D eigenvalue weighted by molar-refractivity contribution is -0.120. The lowest BCUT2D eigenvalue weighted by Gasteiger charge is -2.18. The quantitative estimate of drug-likeness (QED) is 0.458. The summed E-state index contributed by atoms with van der Waals surface area (Å²) >= 11 is 5.97. The minimum Gasteiger partial charge on any atom is -0.382 e. The molecule has 0 aliphatic rings. The first-order chi connectivity index (χ1) is 15.0. The maximum Gasteiger partial charge on any atom is 0.229 e. The van der Waals surface area contributed by atoms with Crippen LogP contribution in [0.2, 0.25) is 5.02 Å². The molecule has 3 rings (SSSR count). The number of carbonyl (C=O) groups excluding carboxylic acids is 2. The van der Waals surface area contributed by atoms with Gasteiger partial charge in [-0.1, -0.05) is 35.9 Å². The molecule has 1 atom stereocenters. The summed E-state index contributed by atoms with van der Waals surface area (Å²) in [5.74, 6) is 0.0337. The van der Waals surface area contributed by atoms with Gasteiger partial charge in [-0.15, -0.1) is 0 Å². The molecule has 1 unspecified atom stereocenters. The largest absolute Gasteiger partial charge is 0.382 e. The van der Waals surface area contributed by atoms with Gasteiger partial charge in [-0.05, 0) is 43.2 Å². The van der Waals surface area contributed by atoms with Gasteiger partial charge in [0, 0.05) is 31.7 Å². The minimum atomic E-state index is -0.467. The number of para-hydroxylation sites is 2. The number of nitrogens with one attached hydrogen (secondary N) is 2. The van der Waals surface area contributed by atoms with Crippen molar-refractivity contribution in [2.75, 3.05) is 18.5 Å². The summed E-state index contributed by atoms with van der Waals surface area (Å²) in [5.41, 5.74) is 2.57. The highest BCUT2D eigenvalue weighted by Gasteiger charge is 2.19. The number of rotatable bonds is 10. The Morgan fingerprint density at radius 3 is 2.61 bits per heavy atom. The van der Waals surface area contributed by atoms with Crippen LogP contribution in [-0.4, -0.2) is 34.6 Å². The molecule has 0 spiro atoms. The summed E-state index contributed by atoms with van der Waals surface area (Å²) in [6.45, 7) is 5.37. The van der Waals surface area contributed by atoms with Crippen LogP contribution in [0.3, 0.4) is 0 Å². The summed E-state index contributed by atoms with van der Waals surface area (Å²) in [7, 11) is 0. The third kappa shape index (κ3) is 6.29. The van der Waals surface area contributed by atoms with E-state index >= 15 is 0 Å². The first-order valence-electron chi connectivity index (χ1n) is 10.3. The van der Waals surface area contributed by atoms with Crippen molar-refractivity contribution < 1.29 is 14.3 Å². The second-order valence-corrected chi connectivity index (χ2v) is 7.62. The zero-order valence-electron chi connectivity index (χ0n) is 17.7. The maximum absolute atomic E-state index is 12.9. The monoisotopic (exact) mass is 442 g/mol. The zero-order chi connectivity index (χ0) is 22.2. The third-order valence-electron chi connectivity index (χ3n) is 4.82. The number of hydrogen-bond donors (Lipinski definition) is 2. The van der Waals surface area contributed by atoms with E-state index in [1.807, 2.05) is 35.8 Å². The van der Waals surface area contributed by atoms with Crippen LogP contribution in [-0.2, 0) is 20.9 Å². The Morgan fingerprint density at radius 1 is 1.16 bits per heavy atom. The Bertz CT molecular complexity index is 1030. The van der Waals surface area contributed by atoms with Crippen molar-refractivity contribution in [1.29, 1.82) is 0 Å². The number of anilines is 1. The van der Waals surface area contributed by atoms with E-state index in [4.69, 9.17) is 16.3 Å². The Kier molecular flexibility index (Phi) is 8.03. The predicted molar refractivity (Wildman–Crippen MR) is 122 cm³/mol. The standard InChI is InChI=1S/C23H27ClN4O3/c1-3-31-14-6-13-28-21-8-5-4-7-19(21)26-23(28)27-22(30)15-20(25-16(2)29)17-9-11-18(24)12-10-17/h4-5,7-12,20H,3,6,13-15H2,1-2H3,(H,25,29)(H,26,27,30). The molecular weight excluding hydrogens is 416 g/mol. The van der Waals surface area contributed by atoms with Crippen LogP contribution < -0.4 is 10.6 Å². The molecule has 31 heavy (non-hydrogen) atoms. The number of aromatic nitrogens is 2. The van der Waals surface area contributed by atoms with Gasteiger partial charge in [0.1, 0.15) is 0 Å². The van der Waals surface area contributed by atoms with Gasteiger partial charge in [-0.25, -0.2) is 4.98 Å². The summed E-state index contributed by atoms with van der Waals surface area (Å²) in [4.78, 5) is 29.2. The van der Waals surface area contributed by atoms with Crippen molar-refractivity contribution in [2.45, 2.75) is 39.3 Å². The van der Waals surface area contributed by atoms with Gasteiger partial charge in [0.15, 0.2) is 0 Å². The average molecular weight is 443 g/mol. The van der Waals surface area contributed by atoms with Gasteiger partial charge in [0.25, 0.3) is 0 Å². The Hall–Kier alpha value is -2.90. The summed E-state index contributed by atoms with van der Waals surface area (Å²) in [6, 6.07) is 14.4. The fourth-order valence-corrected chi connectivity index (χ4v) is 3.55. The molecule has 164 valence electrons. The molecule has 0 fully saturated rings. The van der Waals surface area contributed by atoms with Crippen LogP contribution in [0.15, 0.2) is 48.5 Å².